The molecule has 0 aromatic rings. The zero-order valence-corrected chi connectivity index (χ0v) is 12.9. The molecule has 1 aliphatic heterocycles. The van der Waals surface area contributed by atoms with Crippen LogP contribution in [0.3, 0.4) is 0 Å². The Balaban J connectivity index is 1.97. The van der Waals surface area contributed by atoms with E-state index in [1.165, 1.54) is 12.8 Å². The molecule has 0 aromatic heterocycles. The van der Waals surface area contributed by atoms with Crippen LogP contribution in [-0.4, -0.2) is 33.3 Å². The number of ether oxygens (including phenoxy) is 2. The minimum Gasteiger partial charge on any atom is -0.348 e. The van der Waals surface area contributed by atoms with Gasteiger partial charge in [0, 0.05) is 14.8 Å². The largest absolute Gasteiger partial charge is 0.348 e. The zero-order chi connectivity index (χ0) is 12.0. The van der Waals surface area contributed by atoms with Crippen molar-refractivity contribution in [3.63, 3.8) is 0 Å². The number of alkyl halides is 1. The van der Waals surface area contributed by atoms with Crippen LogP contribution in [0.2, 0.25) is 0 Å². The molecule has 0 bridgehead atoms. The molecule has 16 heavy (non-hydrogen) atoms. The Morgan fingerprint density at radius 3 is 2.38 bits per heavy atom. The van der Waals surface area contributed by atoms with Gasteiger partial charge in [0.05, 0.1) is 12.7 Å². The lowest BCUT2D eigenvalue weighted by atomic mass is 10.1. The van der Waals surface area contributed by atoms with Crippen LogP contribution in [0.4, 0.5) is 0 Å². The first-order valence-corrected chi connectivity index (χ1v) is 7.80. The monoisotopic (exact) mass is 308 g/mol. The molecule has 1 saturated carbocycles. The van der Waals surface area contributed by atoms with Crippen LogP contribution in [-0.2, 0) is 9.47 Å². The first-order chi connectivity index (χ1) is 7.29. The molecule has 1 unspecified atom stereocenters. The van der Waals surface area contributed by atoms with E-state index in [9.17, 15) is 0 Å². The maximum Gasteiger partial charge on any atom is 0.163 e. The molecule has 1 saturated heterocycles. The van der Waals surface area contributed by atoms with Crippen molar-refractivity contribution in [3.8, 4) is 0 Å². The minimum atomic E-state index is -0.409. The van der Waals surface area contributed by atoms with E-state index in [4.69, 9.17) is 9.47 Å². The highest BCUT2D eigenvalue weighted by atomic mass is 79.9. The van der Waals surface area contributed by atoms with Gasteiger partial charge in [0.1, 0.15) is 0 Å². The maximum atomic E-state index is 5.97. The van der Waals surface area contributed by atoms with Gasteiger partial charge in [-0.05, 0) is 40.5 Å². The van der Waals surface area contributed by atoms with Gasteiger partial charge in [-0.15, -0.1) is 11.8 Å². The highest BCUT2D eigenvalue weighted by Gasteiger charge is 2.51. The quantitative estimate of drug-likeness (QED) is 0.740. The van der Waals surface area contributed by atoms with Gasteiger partial charge in [0.25, 0.3) is 0 Å². The first-order valence-electron chi connectivity index (χ1n) is 5.87. The summed E-state index contributed by atoms with van der Waals surface area (Å²) in [5, 5.41) is 1.09. The molecule has 0 N–H and O–H groups in total. The third-order valence-corrected chi connectivity index (χ3v) is 6.53. The van der Waals surface area contributed by atoms with E-state index in [-0.39, 0.29) is 10.9 Å². The van der Waals surface area contributed by atoms with Crippen molar-refractivity contribution in [1.82, 2.24) is 0 Å². The molecule has 0 spiro atoms. The molecule has 2 rings (SSSR count). The summed E-state index contributed by atoms with van der Waals surface area (Å²) in [6.07, 6.45) is 2.84. The van der Waals surface area contributed by atoms with Crippen LogP contribution >= 0.6 is 27.7 Å². The third kappa shape index (κ3) is 2.77. The van der Waals surface area contributed by atoms with Crippen LogP contribution < -0.4 is 0 Å². The van der Waals surface area contributed by atoms with Crippen LogP contribution in [0.5, 0.6) is 0 Å². The molecule has 0 radical (unpaired) electrons. The molecule has 2 aliphatic rings. The second-order valence-corrected chi connectivity index (χ2v) is 8.52. The lowest BCUT2D eigenvalue weighted by Gasteiger charge is -2.33. The van der Waals surface area contributed by atoms with Crippen molar-refractivity contribution in [1.29, 1.82) is 0 Å². The summed E-state index contributed by atoms with van der Waals surface area (Å²) in [6, 6.07) is 0. The smallest absolute Gasteiger partial charge is 0.163 e. The molecule has 94 valence electrons. The fourth-order valence-corrected chi connectivity index (χ4v) is 4.68. The number of hydrogen-bond donors (Lipinski definition) is 0. The Kier molecular flexibility index (Phi) is 3.42. The van der Waals surface area contributed by atoms with Crippen molar-refractivity contribution >= 4 is 27.7 Å². The normalized spacial score (nSPS) is 31.7. The van der Waals surface area contributed by atoms with E-state index in [0.717, 1.165) is 5.33 Å². The van der Waals surface area contributed by atoms with Gasteiger partial charge in [-0.25, -0.2) is 0 Å². The van der Waals surface area contributed by atoms with Crippen molar-refractivity contribution in [3.05, 3.63) is 0 Å². The summed E-state index contributed by atoms with van der Waals surface area (Å²) in [5.41, 5.74) is 0. The minimum absolute atomic E-state index is 0.123. The second kappa shape index (κ2) is 4.15. The van der Waals surface area contributed by atoms with E-state index in [0.29, 0.717) is 11.4 Å². The molecular weight excluding hydrogens is 288 g/mol. The lowest BCUT2D eigenvalue weighted by Crippen LogP contribution is -2.38. The van der Waals surface area contributed by atoms with E-state index >= 15 is 0 Å². The standard InChI is InChI=1S/C12H21BrO2S/c1-10(2,16-12(8-13)5-6-12)9-7-14-11(3,4)15-9/h9H,5-8H2,1-4H3. The van der Waals surface area contributed by atoms with Gasteiger partial charge >= 0.3 is 0 Å². The second-order valence-electron chi connectivity index (χ2n) is 5.84. The Morgan fingerprint density at radius 2 is 2.00 bits per heavy atom. The number of rotatable bonds is 4. The van der Waals surface area contributed by atoms with E-state index in [1.54, 1.807) is 0 Å². The van der Waals surface area contributed by atoms with Crippen molar-refractivity contribution < 1.29 is 9.47 Å². The van der Waals surface area contributed by atoms with Gasteiger partial charge in [0.2, 0.25) is 0 Å². The fourth-order valence-electron chi connectivity index (χ4n) is 2.06. The van der Waals surface area contributed by atoms with Gasteiger partial charge in [-0.3, -0.25) is 0 Å². The van der Waals surface area contributed by atoms with Crippen molar-refractivity contribution in [2.24, 2.45) is 0 Å². The summed E-state index contributed by atoms with van der Waals surface area (Å²) >= 11 is 5.69. The highest BCUT2D eigenvalue weighted by molar-refractivity contribution is 9.09. The van der Waals surface area contributed by atoms with Gasteiger partial charge < -0.3 is 9.47 Å². The van der Waals surface area contributed by atoms with E-state index < -0.39 is 5.79 Å². The predicted molar refractivity (Wildman–Crippen MR) is 72.3 cm³/mol. The molecule has 1 aliphatic carbocycles. The molecular formula is C12H21BrO2S. The SMILES string of the molecule is CC1(C)OCC(C(C)(C)SC2(CBr)CC2)O1. The van der Waals surface area contributed by atoms with Crippen LogP contribution in [0.25, 0.3) is 0 Å². The van der Waals surface area contributed by atoms with Crippen LogP contribution in [0.1, 0.15) is 40.5 Å². The van der Waals surface area contributed by atoms with Crippen molar-refractivity contribution in [2.45, 2.75) is 61.9 Å². The highest BCUT2D eigenvalue weighted by Crippen LogP contribution is 2.56. The van der Waals surface area contributed by atoms with Crippen LogP contribution in [0.15, 0.2) is 0 Å². The molecule has 1 atom stereocenters. The molecule has 0 aromatic carbocycles. The lowest BCUT2D eigenvalue weighted by molar-refractivity contribution is -0.141. The summed E-state index contributed by atoms with van der Waals surface area (Å²) in [5.74, 6) is -0.409. The molecule has 2 nitrogen and oxygen atoms in total. The number of halogens is 1. The topological polar surface area (TPSA) is 18.5 Å². The van der Waals surface area contributed by atoms with E-state index in [1.807, 2.05) is 13.8 Å². The van der Waals surface area contributed by atoms with Gasteiger partial charge in [-0.1, -0.05) is 15.9 Å². The fraction of sp³-hybridized carbons (Fsp3) is 1.00. The van der Waals surface area contributed by atoms with Gasteiger partial charge in [-0.2, -0.15) is 0 Å². The molecule has 1 heterocycles. The summed E-state index contributed by atoms with van der Waals surface area (Å²) in [4.78, 5) is 0. The molecule has 4 heteroatoms. The maximum absolute atomic E-state index is 5.97. The summed E-state index contributed by atoms with van der Waals surface area (Å²) in [7, 11) is 0. The zero-order valence-electron chi connectivity index (χ0n) is 10.5. The number of hydrogen-bond acceptors (Lipinski definition) is 3. The Hall–Kier alpha value is 0.750. The third-order valence-electron chi connectivity index (χ3n) is 3.31. The summed E-state index contributed by atoms with van der Waals surface area (Å²) in [6.45, 7) is 9.24. The van der Waals surface area contributed by atoms with Gasteiger partial charge in [0.15, 0.2) is 5.79 Å². The Morgan fingerprint density at radius 1 is 1.38 bits per heavy atom. The van der Waals surface area contributed by atoms with Crippen molar-refractivity contribution in [2.75, 3.05) is 11.9 Å². The summed E-state index contributed by atoms with van der Waals surface area (Å²) < 4.78 is 12.2. The van der Waals surface area contributed by atoms with Crippen LogP contribution in [0, 0.1) is 0 Å². The molecule has 0 amide bonds. The average Bonchev–Trinajstić information content (AvgIpc) is 2.82. The number of thioether (sulfide) groups is 1. The predicted octanol–water partition coefficient (Wildman–Crippen LogP) is 3.58. The average molecular weight is 309 g/mol. The Bertz CT molecular complexity index is 274. The first kappa shape index (κ1) is 13.2. The molecule has 2 fully saturated rings. The van der Waals surface area contributed by atoms with E-state index in [2.05, 4.69) is 41.5 Å². The Labute approximate surface area is 111 Å².